The maximum atomic E-state index is 13.1. The number of hydrogen-bond donors (Lipinski definition) is 1. The van der Waals surface area contributed by atoms with Gasteiger partial charge in [-0.1, -0.05) is 24.3 Å². The molecular formula is C25H26F3N5O. The van der Waals surface area contributed by atoms with Gasteiger partial charge in [-0.05, 0) is 55.2 Å². The van der Waals surface area contributed by atoms with E-state index in [0.29, 0.717) is 13.1 Å². The number of aromatic amines is 1. The van der Waals surface area contributed by atoms with E-state index in [0.717, 1.165) is 52.8 Å². The molecule has 1 fully saturated rings. The Labute approximate surface area is 194 Å². The smallest absolute Gasteiger partial charge is 0.295 e. The first-order valence-electron chi connectivity index (χ1n) is 11.3. The van der Waals surface area contributed by atoms with Crippen molar-refractivity contribution >= 4 is 11.0 Å². The summed E-state index contributed by atoms with van der Waals surface area (Å²) in [6.07, 6.45) is -1.12. The molecule has 1 saturated heterocycles. The number of piperidine rings is 1. The molecule has 2 aromatic heterocycles. The summed E-state index contributed by atoms with van der Waals surface area (Å²) in [5.74, 6) is 0. The molecule has 0 spiro atoms. The van der Waals surface area contributed by atoms with Crippen LogP contribution in [0.5, 0.6) is 0 Å². The number of imidazole rings is 1. The van der Waals surface area contributed by atoms with Crippen molar-refractivity contribution in [1.82, 2.24) is 24.2 Å². The highest BCUT2D eigenvalue weighted by molar-refractivity contribution is 5.76. The number of aromatic nitrogens is 4. The van der Waals surface area contributed by atoms with Gasteiger partial charge in [-0.15, -0.1) is 0 Å². The first-order chi connectivity index (χ1) is 16.3. The minimum Gasteiger partial charge on any atom is -0.295 e. The van der Waals surface area contributed by atoms with E-state index in [9.17, 15) is 18.0 Å². The van der Waals surface area contributed by atoms with Gasteiger partial charge in [0.25, 0.3) is 0 Å². The molecule has 1 N–H and O–H groups in total. The molecule has 0 amide bonds. The second-order valence-electron chi connectivity index (χ2n) is 8.96. The maximum Gasteiger partial charge on any atom is 0.416 e. The highest BCUT2D eigenvalue weighted by Crippen LogP contribution is 2.36. The van der Waals surface area contributed by atoms with E-state index in [-0.39, 0.29) is 17.8 Å². The lowest BCUT2D eigenvalue weighted by Crippen LogP contribution is -2.40. The number of H-pyrrole nitrogens is 1. The third kappa shape index (κ3) is 3.83. The predicted molar refractivity (Wildman–Crippen MR) is 124 cm³/mol. The minimum atomic E-state index is -4.37. The van der Waals surface area contributed by atoms with Gasteiger partial charge in [0.2, 0.25) is 0 Å². The third-order valence-corrected chi connectivity index (χ3v) is 6.92. The monoisotopic (exact) mass is 469 g/mol. The zero-order valence-electron chi connectivity index (χ0n) is 19.0. The van der Waals surface area contributed by atoms with E-state index < -0.39 is 11.7 Å². The summed E-state index contributed by atoms with van der Waals surface area (Å²) in [7, 11) is 1.79. The van der Waals surface area contributed by atoms with E-state index in [1.165, 1.54) is 0 Å². The molecule has 1 unspecified atom stereocenters. The normalized spacial score (nSPS) is 16.9. The fourth-order valence-corrected chi connectivity index (χ4v) is 5.12. The van der Waals surface area contributed by atoms with Crippen LogP contribution in [0.1, 0.15) is 47.3 Å². The number of alkyl halides is 3. The molecule has 0 saturated carbocycles. The number of fused-ring (bicyclic) bond motifs is 1. The number of nitrogens with zero attached hydrogens (tertiary/aromatic N) is 4. The SMILES string of the molecule is Cc1cn[nH]c1C(c1ccc(C(F)(F)F)cc1)N1CCC(n2c(=O)n(C)c3ccccc32)CC1. The number of hydrogen-bond acceptors (Lipinski definition) is 3. The summed E-state index contributed by atoms with van der Waals surface area (Å²) in [6.45, 7) is 3.34. The van der Waals surface area contributed by atoms with E-state index in [1.54, 1.807) is 29.9 Å². The zero-order chi connectivity index (χ0) is 24.0. The molecule has 6 nitrogen and oxygen atoms in total. The van der Waals surface area contributed by atoms with Crippen LogP contribution in [-0.4, -0.2) is 37.3 Å². The molecule has 4 aromatic rings. The van der Waals surface area contributed by atoms with Crippen LogP contribution in [-0.2, 0) is 13.2 Å². The summed E-state index contributed by atoms with van der Waals surface area (Å²) in [5, 5.41) is 7.20. The average Bonchev–Trinajstić information content (AvgIpc) is 3.35. The van der Waals surface area contributed by atoms with Crippen molar-refractivity contribution in [2.24, 2.45) is 7.05 Å². The molecule has 1 aliphatic rings. The highest BCUT2D eigenvalue weighted by atomic mass is 19.4. The number of likely N-dealkylation sites (tertiary alicyclic amines) is 1. The molecule has 2 aromatic carbocycles. The predicted octanol–water partition coefficient (Wildman–Crippen LogP) is 4.82. The fourth-order valence-electron chi connectivity index (χ4n) is 5.12. The molecule has 3 heterocycles. The Bertz CT molecular complexity index is 1360. The molecule has 1 atom stereocenters. The highest BCUT2D eigenvalue weighted by Gasteiger charge is 2.33. The van der Waals surface area contributed by atoms with Gasteiger partial charge in [0.15, 0.2) is 0 Å². The quantitative estimate of drug-likeness (QED) is 0.466. The standard InChI is InChI=1S/C25H26F3N5O/c1-16-15-29-30-22(16)23(17-7-9-18(10-8-17)25(26,27)28)32-13-11-19(12-14-32)33-21-6-4-3-5-20(21)31(2)24(33)34/h3-10,15,19,23H,11-14H2,1-2H3,(H,29,30). The van der Waals surface area contributed by atoms with Gasteiger partial charge in [-0.2, -0.15) is 18.3 Å². The molecule has 178 valence electrons. The number of nitrogens with one attached hydrogen (secondary N) is 1. The lowest BCUT2D eigenvalue weighted by atomic mass is 9.95. The number of para-hydroxylation sites is 2. The van der Waals surface area contributed by atoms with Gasteiger partial charge in [-0.3, -0.25) is 19.1 Å². The molecule has 0 aliphatic carbocycles. The van der Waals surface area contributed by atoms with Crippen molar-refractivity contribution in [3.63, 3.8) is 0 Å². The first kappa shape index (κ1) is 22.5. The molecule has 9 heteroatoms. The molecule has 0 radical (unpaired) electrons. The number of halogens is 3. The molecule has 1 aliphatic heterocycles. The van der Waals surface area contributed by atoms with Crippen LogP contribution in [0.4, 0.5) is 13.2 Å². The van der Waals surface area contributed by atoms with Crippen molar-refractivity contribution in [2.45, 2.75) is 38.0 Å². The third-order valence-electron chi connectivity index (χ3n) is 6.92. The molecule has 34 heavy (non-hydrogen) atoms. The van der Waals surface area contributed by atoms with E-state index in [4.69, 9.17) is 0 Å². The van der Waals surface area contributed by atoms with Crippen molar-refractivity contribution in [2.75, 3.05) is 13.1 Å². The Kier molecular flexibility index (Phi) is 5.59. The van der Waals surface area contributed by atoms with Crippen LogP contribution >= 0.6 is 0 Å². The first-order valence-corrected chi connectivity index (χ1v) is 11.3. The van der Waals surface area contributed by atoms with Gasteiger partial charge >= 0.3 is 11.9 Å². The summed E-state index contributed by atoms with van der Waals surface area (Å²) in [5.41, 5.74) is 3.76. The minimum absolute atomic E-state index is 0.0247. The summed E-state index contributed by atoms with van der Waals surface area (Å²) in [6, 6.07) is 13.0. The van der Waals surface area contributed by atoms with Crippen molar-refractivity contribution in [3.05, 3.63) is 87.6 Å². The summed E-state index contributed by atoms with van der Waals surface area (Å²) >= 11 is 0. The van der Waals surface area contributed by atoms with Crippen molar-refractivity contribution in [1.29, 1.82) is 0 Å². The largest absolute Gasteiger partial charge is 0.416 e. The number of rotatable bonds is 4. The van der Waals surface area contributed by atoms with E-state index in [2.05, 4.69) is 15.1 Å². The van der Waals surface area contributed by atoms with Crippen LogP contribution in [0, 0.1) is 6.92 Å². The van der Waals surface area contributed by atoms with Crippen LogP contribution in [0.3, 0.4) is 0 Å². The number of benzene rings is 2. The van der Waals surface area contributed by atoms with Gasteiger partial charge in [-0.25, -0.2) is 4.79 Å². The van der Waals surface area contributed by atoms with Gasteiger partial charge in [0.05, 0.1) is 34.5 Å². The van der Waals surface area contributed by atoms with Crippen LogP contribution in [0.25, 0.3) is 11.0 Å². The Hall–Kier alpha value is -3.33. The summed E-state index contributed by atoms with van der Waals surface area (Å²) < 4.78 is 42.9. The second kappa shape index (κ2) is 8.47. The Morgan fingerprint density at radius 3 is 2.26 bits per heavy atom. The lowest BCUT2D eigenvalue weighted by molar-refractivity contribution is -0.137. The van der Waals surface area contributed by atoms with Crippen LogP contribution in [0.2, 0.25) is 0 Å². The van der Waals surface area contributed by atoms with Gasteiger partial charge < -0.3 is 0 Å². The molecule has 0 bridgehead atoms. The zero-order valence-corrected chi connectivity index (χ0v) is 19.0. The summed E-state index contributed by atoms with van der Waals surface area (Å²) in [4.78, 5) is 15.2. The van der Waals surface area contributed by atoms with Gasteiger partial charge in [0.1, 0.15) is 0 Å². The lowest BCUT2D eigenvalue weighted by Gasteiger charge is -2.38. The Morgan fingerprint density at radius 1 is 1.03 bits per heavy atom. The number of aryl methyl sites for hydroxylation is 2. The Morgan fingerprint density at radius 2 is 1.68 bits per heavy atom. The Balaban J connectivity index is 1.44. The van der Waals surface area contributed by atoms with E-state index in [1.807, 2.05) is 35.8 Å². The van der Waals surface area contributed by atoms with Crippen LogP contribution in [0.15, 0.2) is 59.5 Å². The average molecular weight is 470 g/mol. The molecular weight excluding hydrogens is 443 g/mol. The topological polar surface area (TPSA) is 58.9 Å². The second-order valence-corrected chi connectivity index (χ2v) is 8.96. The van der Waals surface area contributed by atoms with Crippen LogP contribution < -0.4 is 5.69 Å². The fraction of sp³-hybridized carbons (Fsp3) is 0.360. The maximum absolute atomic E-state index is 13.1. The van der Waals surface area contributed by atoms with Crippen molar-refractivity contribution in [3.8, 4) is 0 Å². The van der Waals surface area contributed by atoms with E-state index >= 15 is 0 Å². The van der Waals surface area contributed by atoms with Crippen molar-refractivity contribution < 1.29 is 13.2 Å². The van der Waals surface area contributed by atoms with Gasteiger partial charge in [0, 0.05) is 26.2 Å². The molecule has 5 rings (SSSR count).